The number of rotatable bonds is 3. The molecule has 0 radical (unpaired) electrons. The molecule has 0 bridgehead atoms. The van der Waals surface area contributed by atoms with Crippen LogP contribution >= 0.6 is 0 Å². The molecule has 3 aromatic heterocycles. The standard InChI is InChI=1S/C22H25N7O2/c1-13-10-17-14(6-9-24-27-17)11-16(13)25-20-23-12-18-19(26-20)29(21(30)28(18)3)15-4-7-22(2,31)8-5-15/h6,9-12,15,31H,4-5,7-8H2,1-3H3,(H,23,25,26)/t15-,22-. The number of aromatic nitrogens is 6. The van der Waals surface area contributed by atoms with Crippen molar-refractivity contribution in [2.75, 3.05) is 5.32 Å². The Hall–Kier alpha value is -3.33. The van der Waals surface area contributed by atoms with Crippen LogP contribution in [0.2, 0.25) is 0 Å². The van der Waals surface area contributed by atoms with Crippen molar-refractivity contribution in [1.82, 2.24) is 29.3 Å². The van der Waals surface area contributed by atoms with Crippen molar-refractivity contribution in [2.45, 2.75) is 51.2 Å². The van der Waals surface area contributed by atoms with Crippen LogP contribution in [0.15, 0.2) is 35.4 Å². The molecule has 0 atom stereocenters. The lowest BCUT2D eigenvalue weighted by molar-refractivity contribution is 0.00991. The fraction of sp³-hybridized carbons (Fsp3) is 0.409. The zero-order valence-electron chi connectivity index (χ0n) is 17.8. The van der Waals surface area contributed by atoms with Crippen LogP contribution < -0.4 is 11.0 Å². The Bertz CT molecular complexity index is 1350. The predicted molar refractivity (Wildman–Crippen MR) is 118 cm³/mol. The Kier molecular flexibility index (Phi) is 4.51. The average Bonchev–Trinajstić information content (AvgIpc) is 2.99. The molecule has 0 unspecified atom stereocenters. The smallest absolute Gasteiger partial charge is 0.330 e. The SMILES string of the molecule is Cc1cc2nnccc2cc1Nc1ncc2c(n1)n([C@H]1CC[C@](C)(O)CC1)c(=O)n2C. The van der Waals surface area contributed by atoms with Crippen LogP contribution in [0.3, 0.4) is 0 Å². The highest BCUT2D eigenvalue weighted by Crippen LogP contribution is 2.35. The van der Waals surface area contributed by atoms with Gasteiger partial charge in [0.05, 0.1) is 23.5 Å². The molecule has 160 valence electrons. The van der Waals surface area contributed by atoms with Gasteiger partial charge in [-0.1, -0.05) is 0 Å². The largest absolute Gasteiger partial charge is 0.390 e. The predicted octanol–water partition coefficient (Wildman–Crippen LogP) is 2.99. The first-order chi connectivity index (χ1) is 14.8. The Labute approximate surface area is 178 Å². The van der Waals surface area contributed by atoms with Gasteiger partial charge in [0.1, 0.15) is 5.52 Å². The summed E-state index contributed by atoms with van der Waals surface area (Å²) in [7, 11) is 1.74. The number of benzene rings is 1. The second kappa shape index (κ2) is 7.12. The van der Waals surface area contributed by atoms with Crippen LogP contribution in [0.1, 0.15) is 44.2 Å². The maximum Gasteiger partial charge on any atom is 0.330 e. The number of aliphatic hydroxyl groups is 1. The maximum absolute atomic E-state index is 13.0. The second-order valence-corrected chi connectivity index (χ2v) is 8.72. The molecule has 5 rings (SSSR count). The lowest BCUT2D eigenvalue weighted by Gasteiger charge is -2.33. The lowest BCUT2D eigenvalue weighted by Crippen LogP contribution is -2.35. The summed E-state index contributed by atoms with van der Waals surface area (Å²) in [5, 5.41) is 22.6. The Morgan fingerprint density at radius 1 is 1.26 bits per heavy atom. The summed E-state index contributed by atoms with van der Waals surface area (Å²) in [6, 6.07) is 5.88. The second-order valence-electron chi connectivity index (χ2n) is 8.72. The van der Waals surface area contributed by atoms with Crippen LogP contribution in [0.5, 0.6) is 0 Å². The minimum atomic E-state index is -0.662. The van der Waals surface area contributed by atoms with E-state index in [0.717, 1.165) is 35.0 Å². The molecule has 3 heterocycles. The first-order valence-corrected chi connectivity index (χ1v) is 10.5. The summed E-state index contributed by atoms with van der Waals surface area (Å²) in [5.41, 5.74) is 3.24. The van der Waals surface area contributed by atoms with Gasteiger partial charge >= 0.3 is 5.69 Å². The van der Waals surface area contributed by atoms with Crippen LogP contribution in [0, 0.1) is 6.92 Å². The molecular weight excluding hydrogens is 394 g/mol. The molecule has 9 nitrogen and oxygen atoms in total. The Morgan fingerprint density at radius 3 is 2.81 bits per heavy atom. The summed E-state index contributed by atoms with van der Waals surface area (Å²) in [6.07, 6.45) is 6.15. The molecule has 1 saturated carbocycles. The number of imidazole rings is 1. The van der Waals surface area contributed by atoms with Crippen molar-refractivity contribution in [2.24, 2.45) is 7.05 Å². The number of nitrogens with zero attached hydrogens (tertiary/aromatic N) is 6. The first-order valence-electron chi connectivity index (χ1n) is 10.5. The Morgan fingerprint density at radius 2 is 2.03 bits per heavy atom. The summed E-state index contributed by atoms with van der Waals surface area (Å²) < 4.78 is 3.35. The van der Waals surface area contributed by atoms with E-state index in [1.165, 1.54) is 0 Å². The zero-order chi connectivity index (χ0) is 21.8. The van der Waals surface area contributed by atoms with Gasteiger partial charge in [-0.3, -0.25) is 9.13 Å². The fourth-order valence-corrected chi connectivity index (χ4v) is 4.40. The monoisotopic (exact) mass is 419 g/mol. The molecule has 31 heavy (non-hydrogen) atoms. The highest BCUT2D eigenvalue weighted by molar-refractivity contribution is 5.84. The molecular formula is C22H25N7O2. The van der Waals surface area contributed by atoms with Crippen molar-refractivity contribution in [3.63, 3.8) is 0 Å². The van der Waals surface area contributed by atoms with Gasteiger partial charge in [0, 0.05) is 24.2 Å². The highest BCUT2D eigenvalue weighted by Gasteiger charge is 2.31. The fourth-order valence-electron chi connectivity index (χ4n) is 4.40. The van der Waals surface area contributed by atoms with Gasteiger partial charge < -0.3 is 10.4 Å². The highest BCUT2D eigenvalue weighted by atomic mass is 16.3. The van der Waals surface area contributed by atoms with Gasteiger partial charge in [-0.25, -0.2) is 9.78 Å². The molecule has 9 heteroatoms. The number of hydrogen-bond donors (Lipinski definition) is 2. The van der Waals surface area contributed by atoms with Crippen LogP contribution in [0.25, 0.3) is 22.1 Å². The first kappa shape index (κ1) is 19.6. The van der Waals surface area contributed by atoms with Gasteiger partial charge in [0.15, 0.2) is 5.65 Å². The summed E-state index contributed by atoms with van der Waals surface area (Å²) in [5.74, 6) is 0.430. The van der Waals surface area contributed by atoms with Gasteiger partial charge in [-0.15, -0.1) is 0 Å². The molecule has 1 aromatic carbocycles. The van der Waals surface area contributed by atoms with Crippen molar-refractivity contribution >= 4 is 33.7 Å². The van der Waals surface area contributed by atoms with Gasteiger partial charge in [-0.05, 0) is 63.3 Å². The number of aryl methyl sites for hydroxylation is 2. The van der Waals surface area contributed by atoms with E-state index < -0.39 is 5.60 Å². The van der Waals surface area contributed by atoms with Crippen molar-refractivity contribution in [3.8, 4) is 0 Å². The molecule has 2 N–H and O–H groups in total. The molecule has 0 spiro atoms. The van der Waals surface area contributed by atoms with Gasteiger partial charge in [0.25, 0.3) is 0 Å². The van der Waals surface area contributed by atoms with E-state index in [9.17, 15) is 9.90 Å². The van der Waals surface area contributed by atoms with E-state index in [1.807, 2.05) is 32.0 Å². The molecule has 4 aromatic rings. The summed E-state index contributed by atoms with van der Waals surface area (Å²) >= 11 is 0. The van der Waals surface area contributed by atoms with Crippen LogP contribution in [-0.2, 0) is 7.05 Å². The van der Waals surface area contributed by atoms with E-state index >= 15 is 0 Å². The summed E-state index contributed by atoms with van der Waals surface area (Å²) in [6.45, 7) is 3.85. The van der Waals surface area contributed by atoms with E-state index in [1.54, 1.807) is 28.6 Å². The third-order valence-electron chi connectivity index (χ3n) is 6.34. The van der Waals surface area contributed by atoms with Crippen molar-refractivity contribution in [3.05, 3.63) is 46.6 Å². The molecule has 1 aliphatic rings. The maximum atomic E-state index is 13.0. The molecule has 0 aliphatic heterocycles. The molecule has 0 amide bonds. The minimum absolute atomic E-state index is 0.0140. The molecule has 1 fully saturated rings. The van der Waals surface area contributed by atoms with Gasteiger partial charge in [0.2, 0.25) is 5.95 Å². The minimum Gasteiger partial charge on any atom is -0.390 e. The number of anilines is 2. The van der Waals surface area contributed by atoms with E-state index in [0.29, 0.717) is 30.0 Å². The quantitative estimate of drug-likeness (QED) is 0.525. The third-order valence-corrected chi connectivity index (χ3v) is 6.34. The lowest BCUT2D eigenvalue weighted by atomic mass is 9.83. The van der Waals surface area contributed by atoms with Crippen LogP contribution in [-0.4, -0.2) is 40.0 Å². The van der Waals surface area contributed by atoms with E-state index in [-0.39, 0.29) is 11.7 Å². The number of hydrogen-bond acceptors (Lipinski definition) is 7. The Balaban J connectivity index is 1.54. The number of fused-ring (bicyclic) bond motifs is 2. The number of nitrogens with one attached hydrogen (secondary N) is 1. The zero-order valence-corrected chi connectivity index (χ0v) is 17.8. The van der Waals surface area contributed by atoms with Gasteiger partial charge in [-0.2, -0.15) is 15.2 Å². The topological polar surface area (TPSA) is 111 Å². The third kappa shape index (κ3) is 3.44. The van der Waals surface area contributed by atoms with Crippen molar-refractivity contribution < 1.29 is 5.11 Å². The average molecular weight is 419 g/mol. The molecule has 0 saturated heterocycles. The van der Waals surface area contributed by atoms with Crippen LogP contribution in [0.4, 0.5) is 11.6 Å². The molecule has 1 aliphatic carbocycles. The van der Waals surface area contributed by atoms with Crippen molar-refractivity contribution in [1.29, 1.82) is 0 Å². The normalized spacial score (nSPS) is 21.6. The van der Waals surface area contributed by atoms with E-state index in [4.69, 9.17) is 4.98 Å². The van der Waals surface area contributed by atoms with E-state index in [2.05, 4.69) is 20.5 Å². The summed E-state index contributed by atoms with van der Waals surface area (Å²) in [4.78, 5) is 22.1.